The first-order valence-corrected chi connectivity index (χ1v) is 16.0. The number of aliphatic hydroxyl groups is 6. The Morgan fingerprint density at radius 3 is 2.41 bits per heavy atom. The van der Waals surface area contributed by atoms with Crippen LogP contribution in [0.15, 0.2) is 0 Å². The normalized spacial score (nSPS) is 29.1. The number of nitrogens with two attached hydrogens (primary N) is 1. The summed E-state index contributed by atoms with van der Waals surface area (Å²) >= 11 is 0. The number of rotatable bonds is 18. The van der Waals surface area contributed by atoms with E-state index in [0.717, 1.165) is 29.1 Å². The molecule has 277 valence electrons. The molecule has 0 aromatic rings. The van der Waals surface area contributed by atoms with E-state index < -0.39 is 111 Å². The highest BCUT2D eigenvalue weighted by molar-refractivity contribution is 5.92. The van der Waals surface area contributed by atoms with Gasteiger partial charge in [0.1, 0.15) is 61.4 Å². The van der Waals surface area contributed by atoms with Crippen LogP contribution in [0.4, 0.5) is 0 Å². The molecule has 3 rings (SSSR count). The van der Waals surface area contributed by atoms with E-state index >= 15 is 0 Å². The molecule has 8 unspecified atom stereocenters. The van der Waals surface area contributed by atoms with Crippen molar-refractivity contribution in [3.63, 3.8) is 0 Å². The van der Waals surface area contributed by atoms with Crippen LogP contribution in [0, 0.1) is 10.8 Å². The molecule has 0 aromatic heterocycles. The fourth-order valence-corrected chi connectivity index (χ4v) is 5.76. The molecule has 0 aromatic carbocycles. The Kier molecular flexibility index (Phi) is 14.9. The van der Waals surface area contributed by atoms with Crippen LogP contribution in [0.5, 0.6) is 0 Å². The molecule has 14 N–H and O–H groups in total. The van der Waals surface area contributed by atoms with Crippen LogP contribution >= 0.6 is 0 Å². The molecular formula is C28H48N9O12. The molecular weight excluding hydrogens is 654 g/mol. The number of carbonyl (C=O) groups excluding carboxylic acids is 4. The van der Waals surface area contributed by atoms with E-state index in [2.05, 4.69) is 21.3 Å². The van der Waals surface area contributed by atoms with Crippen molar-refractivity contribution in [1.82, 2.24) is 31.1 Å². The summed E-state index contributed by atoms with van der Waals surface area (Å²) < 4.78 is 11.1. The summed E-state index contributed by atoms with van der Waals surface area (Å²) in [5, 5.41) is 89.7. The number of esters is 1. The summed E-state index contributed by atoms with van der Waals surface area (Å²) in [7, 11) is 0. The molecule has 3 aliphatic heterocycles. The number of unbranched alkanes of at least 4 members (excludes halogenated alkanes) is 3. The van der Waals surface area contributed by atoms with Crippen molar-refractivity contribution in [2.24, 2.45) is 5.73 Å². The van der Waals surface area contributed by atoms with E-state index in [1.165, 1.54) is 6.29 Å². The van der Waals surface area contributed by atoms with Crippen LogP contribution in [0.1, 0.15) is 39.0 Å². The van der Waals surface area contributed by atoms with Gasteiger partial charge in [-0.3, -0.25) is 30.0 Å². The lowest BCUT2D eigenvalue weighted by Crippen LogP contribution is -2.69. The predicted octanol–water partition coefficient (Wildman–Crippen LogP) is -6.57. The minimum atomic E-state index is -2.01. The lowest BCUT2D eigenvalue weighted by Gasteiger charge is -2.46. The molecule has 21 nitrogen and oxygen atoms in total. The number of carbonyl (C=O) groups is 3. The number of aliphatic hydroxyl groups excluding tert-OH is 6. The smallest absolute Gasteiger partial charge is 0.305 e. The topological polar surface area (TPSA) is 336 Å². The monoisotopic (exact) mass is 702 g/mol. The fourth-order valence-electron chi connectivity index (χ4n) is 5.76. The van der Waals surface area contributed by atoms with Crippen molar-refractivity contribution >= 4 is 36.0 Å². The predicted molar refractivity (Wildman–Crippen MR) is 167 cm³/mol. The van der Waals surface area contributed by atoms with E-state index in [9.17, 15) is 49.8 Å². The number of ether oxygens (including phenoxy) is 2. The zero-order chi connectivity index (χ0) is 36.4. The molecule has 0 aliphatic carbocycles. The standard InChI is InChI=1S/C28H48N9O12/c1-2-3-4-5-6-18(41)48-12-16-21(43)22(44)23(45)26(49-16)37-15(7-33-28(37)31)20(42)19(35-24(46)14(29)11-40)25(47)36(13(9-38)10-39)17-8-32-27(30)34-17/h13-17,19-23,26,38,40,42-45H,2-9,11-12,29H2,1H3,(H2,31,33)(H,35,46)(H3,30,32,34)/t13-,14-,15?,16?,17?,19-,20?,21?,22?,23?,26?/m0/s1. The fraction of sp³-hybridized carbons (Fsp3) is 0.786. The van der Waals surface area contributed by atoms with Gasteiger partial charge in [0.25, 0.3) is 0 Å². The van der Waals surface area contributed by atoms with Crippen LogP contribution in [0.25, 0.3) is 0 Å². The highest BCUT2D eigenvalue weighted by Gasteiger charge is 2.53. The van der Waals surface area contributed by atoms with Crippen LogP contribution in [0.3, 0.4) is 0 Å². The highest BCUT2D eigenvalue weighted by atomic mass is 16.6. The maximum Gasteiger partial charge on any atom is 0.305 e. The van der Waals surface area contributed by atoms with Gasteiger partial charge in [0, 0.05) is 13.0 Å². The minimum Gasteiger partial charge on any atom is -0.463 e. The van der Waals surface area contributed by atoms with Crippen molar-refractivity contribution in [2.45, 2.75) is 106 Å². The largest absolute Gasteiger partial charge is 0.463 e. The van der Waals surface area contributed by atoms with Gasteiger partial charge >= 0.3 is 5.97 Å². The molecule has 11 atom stereocenters. The van der Waals surface area contributed by atoms with Crippen molar-refractivity contribution in [3.05, 3.63) is 0 Å². The van der Waals surface area contributed by atoms with E-state index in [1.807, 2.05) is 6.92 Å². The van der Waals surface area contributed by atoms with Crippen LogP contribution in [0.2, 0.25) is 0 Å². The maximum absolute atomic E-state index is 14.1. The highest BCUT2D eigenvalue weighted by Crippen LogP contribution is 2.29. The Morgan fingerprint density at radius 2 is 1.82 bits per heavy atom. The first-order chi connectivity index (χ1) is 23.3. The first-order valence-electron chi connectivity index (χ1n) is 16.0. The average molecular weight is 703 g/mol. The molecule has 3 heterocycles. The second-order valence-electron chi connectivity index (χ2n) is 12.0. The third-order valence-electron chi connectivity index (χ3n) is 8.55. The second kappa shape index (κ2) is 18.3. The number of nitrogens with zero attached hydrogens (tertiary/aromatic N) is 2. The first kappa shape index (κ1) is 39.7. The van der Waals surface area contributed by atoms with Crippen LogP contribution in [-0.4, -0.2) is 176 Å². The maximum atomic E-state index is 14.1. The van der Waals surface area contributed by atoms with Gasteiger partial charge in [0.05, 0.1) is 25.8 Å². The number of amides is 2. The van der Waals surface area contributed by atoms with Gasteiger partial charge in [0.15, 0.2) is 18.1 Å². The lowest BCUT2D eigenvalue weighted by molar-refractivity contribution is -0.262. The molecule has 21 heteroatoms. The van der Waals surface area contributed by atoms with Crippen molar-refractivity contribution in [2.75, 3.05) is 32.9 Å². The summed E-state index contributed by atoms with van der Waals surface area (Å²) in [6.07, 6.45) is -6.82. The third kappa shape index (κ3) is 9.51. The van der Waals surface area contributed by atoms with Crippen molar-refractivity contribution in [3.8, 4) is 0 Å². The van der Waals surface area contributed by atoms with Gasteiger partial charge in [-0.25, -0.2) is 0 Å². The summed E-state index contributed by atoms with van der Waals surface area (Å²) in [5.74, 6) is -3.53. The molecule has 3 aliphatic rings. The minimum absolute atomic E-state index is 0.108. The van der Waals surface area contributed by atoms with E-state index in [0.29, 0.717) is 6.42 Å². The molecule has 0 spiro atoms. The number of hydrogen-bond acceptors (Lipinski definition) is 15. The Balaban J connectivity index is 1.90. The SMILES string of the molecule is CCCCCCC(=O)OCC1OC(N2C(=N)NCC2C(O)[C@H](NC(=O)[C@@H](N)CO)C(=O)N(C2CNC(=N)N2)[C@H]([C]=O)CO)C(O)C(O)C1O. The van der Waals surface area contributed by atoms with Gasteiger partial charge in [0.2, 0.25) is 18.1 Å². The quantitative estimate of drug-likeness (QED) is 0.0466. The van der Waals surface area contributed by atoms with Gasteiger partial charge in [-0.15, -0.1) is 0 Å². The van der Waals surface area contributed by atoms with Gasteiger partial charge in [-0.1, -0.05) is 26.2 Å². The molecule has 2 amide bonds. The molecule has 49 heavy (non-hydrogen) atoms. The van der Waals surface area contributed by atoms with E-state index in [-0.39, 0.29) is 25.5 Å². The summed E-state index contributed by atoms with van der Waals surface area (Å²) in [6, 6.07) is -6.60. The summed E-state index contributed by atoms with van der Waals surface area (Å²) in [6.45, 7) is -0.710. The Hall–Kier alpha value is -3.70. The number of nitrogens with one attached hydrogen (secondary N) is 6. The lowest BCUT2D eigenvalue weighted by atomic mass is 9.95. The molecule has 3 saturated heterocycles. The van der Waals surface area contributed by atoms with Gasteiger partial charge in [-0.05, 0) is 6.42 Å². The van der Waals surface area contributed by atoms with E-state index in [1.54, 1.807) is 0 Å². The molecule has 1 radical (unpaired) electrons. The van der Waals surface area contributed by atoms with Crippen LogP contribution < -0.4 is 27.0 Å². The molecule has 3 fully saturated rings. The van der Waals surface area contributed by atoms with Gasteiger partial charge < -0.3 is 76.9 Å². The number of hydrogen-bond donors (Lipinski definition) is 13. The third-order valence-corrected chi connectivity index (χ3v) is 8.55. The Morgan fingerprint density at radius 1 is 1.10 bits per heavy atom. The van der Waals surface area contributed by atoms with E-state index in [4.69, 9.17) is 26.0 Å². The Bertz CT molecular complexity index is 1180. The van der Waals surface area contributed by atoms with Gasteiger partial charge in [-0.2, -0.15) is 0 Å². The van der Waals surface area contributed by atoms with Crippen LogP contribution in [-0.2, 0) is 28.7 Å². The van der Waals surface area contributed by atoms with Crippen molar-refractivity contribution in [1.29, 1.82) is 10.8 Å². The molecule has 0 bridgehead atoms. The summed E-state index contributed by atoms with van der Waals surface area (Å²) in [4.78, 5) is 52.8. The average Bonchev–Trinajstić information content (AvgIpc) is 3.70. The Labute approximate surface area is 282 Å². The zero-order valence-corrected chi connectivity index (χ0v) is 27.0. The summed E-state index contributed by atoms with van der Waals surface area (Å²) in [5.41, 5.74) is 5.65. The van der Waals surface area contributed by atoms with Crippen molar-refractivity contribution < 1.29 is 59.3 Å². The molecule has 0 saturated carbocycles. The zero-order valence-electron chi connectivity index (χ0n) is 27.0. The second-order valence-corrected chi connectivity index (χ2v) is 12.0. The number of guanidine groups is 2.